The summed E-state index contributed by atoms with van der Waals surface area (Å²) in [5.41, 5.74) is 1.49. The topological polar surface area (TPSA) is 57.3 Å². The predicted octanol–water partition coefficient (Wildman–Crippen LogP) is 2.12. The van der Waals surface area contributed by atoms with E-state index in [1.165, 1.54) is 12.1 Å². The summed E-state index contributed by atoms with van der Waals surface area (Å²) in [6.07, 6.45) is 1.59. The Morgan fingerprint density at radius 1 is 1.22 bits per heavy atom. The van der Waals surface area contributed by atoms with Gasteiger partial charge in [-0.2, -0.15) is 0 Å². The fraction of sp³-hybridized carbons (Fsp3) is 0.294. The van der Waals surface area contributed by atoms with Gasteiger partial charge in [-0.3, -0.25) is 4.79 Å². The van der Waals surface area contributed by atoms with Gasteiger partial charge in [-0.05, 0) is 43.9 Å². The first-order chi connectivity index (χ1) is 11.0. The van der Waals surface area contributed by atoms with E-state index in [4.69, 9.17) is 0 Å². The summed E-state index contributed by atoms with van der Waals surface area (Å²) in [6, 6.07) is 9.63. The highest BCUT2D eigenvalue weighted by molar-refractivity contribution is 5.94. The van der Waals surface area contributed by atoms with Gasteiger partial charge in [-0.15, -0.1) is 0 Å². The zero-order chi connectivity index (χ0) is 16.7. The van der Waals surface area contributed by atoms with E-state index in [9.17, 15) is 9.18 Å². The number of carbonyl (C=O) groups is 1. The van der Waals surface area contributed by atoms with Crippen molar-refractivity contribution in [1.29, 1.82) is 0 Å². The maximum atomic E-state index is 12.9. The number of hydrogen-bond acceptors (Lipinski definition) is 4. The standard InChI is InChI=1S/C17H21FN4O/c1-22(2)10-9-20-17(23)14-7-8-19-16(11-14)21-12-13-3-5-15(18)6-4-13/h3-8,11H,9-10,12H2,1-2H3,(H,19,21)(H,20,23). The molecule has 0 spiro atoms. The summed E-state index contributed by atoms with van der Waals surface area (Å²) in [7, 11) is 3.91. The summed E-state index contributed by atoms with van der Waals surface area (Å²) in [4.78, 5) is 18.3. The number of anilines is 1. The Balaban J connectivity index is 1.91. The fourth-order valence-corrected chi connectivity index (χ4v) is 1.96. The maximum Gasteiger partial charge on any atom is 0.251 e. The van der Waals surface area contributed by atoms with Crippen molar-refractivity contribution in [3.05, 3.63) is 59.5 Å². The number of amides is 1. The minimum Gasteiger partial charge on any atom is -0.366 e. The lowest BCUT2D eigenvalue weighted by Crippen LogP contribution is -2.31. The highest BCUT2D eigenvalue weighted by Gasteiger charge is 2.06. The van der Waals surface area contributed by atoms with Gasteiger partial charge in [-0.25, -0.2) is 9.37 Å². The van der Waals surface area contributed by atoms with E-state index < -0.39 is 0 Å². The average molecular weight is 316 g/mol. The molecule has 1 aromatic heterocycles. The molecule has 23 heavy (non-hydrogen) atoms. The minimum absolute atomic E-state index is 0.126. The van der Waals surface area contributed by atoms with Crippen molar-refractivity contribution in [2.24, 2.45) is 0 Å². The Morgan fingerprint density at radius 3 is 2.65 bits per heavy atom. The van der Waals surface area contributed by atoms with Crippen molar-refractivity contribution in [3.8, 4) is 0 Å². The number of nitrogens with one attached hydrogen (secondary N) is 2. The number of hydrogen-bond donors (Lipinski definition) is 2. The van der Waals surface area contributed by atoms with Gasteiger partial charge in [0.1, 0.15) is 11.6 Å². The summed E-state index contributed by atoms with van der Waals surface area (Å²) >= 11 is 0. The molecule has 2 rings (SSSR count). The smallest absolute Gasteiger partial charge is 0.251 e. The first kappa shape index (κ1) is 16.9. The highest BCUT2D eigenvalue weighted by atomic mass is 19.1. The second kappa shape index (κ2) is 8.24. The molecule has 1 amide bonds. The van der Waals surface area contributed by atoms with Crippen LogP contribution in [0.1, 0.15) is 15.9 Å². The molecule has 0 atom stereocenters. The second-order valence-electron chi connectivity index (χ2n) is 5.47. The van der Waals surface area contributed by atoms with E-state index in [1.807, 2.05) is 19.0 Å². The van der Waals surface area contributed by atoms with Crippen LogP contribution in [-0.2, 0) is 6.54 Å². The molecule has 0 saturated carbocycles. The number of aromatic nitrogens is 1. The molecular formula is C17H21FN4O. The van der Waals surface area contributed by atoms with Crippen LogP contribution in [-0.4, -0.2) is 43.0 Å². The van der Waals surface area contributed by atoms with Gasteiger partial charge in [0.15, 0.2) is 0 Å². The Bertz CT molecular complexity index is 643. The molecule has 0 aliphatic carbocycles. The Labute approximate surface area is 135 Å². The van der Waals surface area contributed by atoms with Crippen LogP contribution in [0.25, 0.3) is 0 Å². The number of halogens is 1. The summed E-state index contributed by atoms with van der Waals surface area (Å²) in [6.45, 7) is 1.89. The van der Waals surface area contributed by atoms with Gasteiger partial charge in [0.2, 0.25) is 0 Å². The van der Waals surface area contributed by atoms with E-state index in [1.54, 1.807) is 30.5 Å². The molecule has 0 aliphatic heterocycles. The van der Waals surface area contributed by atoms with E-state index in [0.29, 0.717) is 24.5 Å². The molecule has 6 heteroatoms. The molecule has 122 valence electrons. The van der Waals surface area contributed by atoms with Gasteiger partial charge >= 0.3 is 0 Å². The van der Waals surface area contributed by atoms with Gasteiger partial charge < -0.3 is 15.5 Å². The van der Waals surface area contributed by atoms with Crippen molar-refractivity contribution in [1.82, 2.24) is 15.2 Å². The van der Waals surface area contributed by atoms with Crippen molar-refractivity contribution in [2.75, 3.05) is 32.5 Å². The van der Waals surface area contributed by atoms with Gasteiger partial charge in [0, 0.05) is 31.4 Å². The molecule has 2 N–H and O–H groups in total. The van der Waals surface area contributed by atoms with Crippen LogP contribution in [0.2, 0.25) is 0 Å². The molecule has 0 fully saturated rings. The Morgan fingerprint density at radius 2 is 1.96 bits per heavy atom. The van der Waals surface area contributed by atoms with E-state index in [-0.39, 0.29) is 11.7 Å². The van der Waals surface area contributed by atoms with Crippen LogP contribution < -0.4 is 10.6 Å². The van der Waals surface area contributed by atoms with Crippen LogP contribution in [0.3, 0.4) is 0 Å². The Hall–Kier alpha value is -2.47. The normalized spacial score (nSPS) is 10.6. The number of nitrogens with zero attached hydrogens (tertiary/aromatic N) is 2. The molecule has 5 nitrogen and oxygen atoms in total. The van der Waals surface area contributed by atoms with E-state index in [0.717, 1.165) is 12.1 Å². The zero-order valence-corrected chi connectivity index (χ0v) is 13.3. The molecule has 0 saturated heterocycles. The number of benzene rings is 1. The highest BCUT2D eigenvalue weighted by Crippen LogP contribution is 2.09. The third-order valence-electron chi connectivity index (χ3n) is 3.25. The summed E-state index contributed by atoms with van der Waals surface area (Å²) in [5.74, 6) is 0.219. The summed E-state index contributed by atoms with van der Waals surface area (Å²) < 4.78 is 12.9. The molecule has 0 bridgehead atoms. The molecule has 1 aromatic carbocycles. The predicted molar refractivity (Wildman–Crippen MR) is 88.9 cm³/mol. The number of rotatable bonds is 7. The largest absolute Gasteiger partial charge is 0.366 e. The SMILES string of the molecule is CN(C)CCNC(=O)c1ccnc(NCc2ccc(F)cc2)c1. The van der Waals surface area contributed by atoms with E-state index >= 15 is 0 Å². The Kier molecular flexibility index (Phi) is 6.05. The third kappa shape index (κ3) is 5.67. The van der Waals surface area contributed by atoms with Crippen molar-refractivity contribution in [3.63, 3.8) is 0 Å². The first-order valence-corrected chi connectivity index (χ1v) is 7.42. The minimum atomic E-state index is -0.261. The van der Waals surface area contributed by atoms with Crippen molar-refractivity contribution >= 4 is 11.7 Å². The van der Waals surface area contributed by atoms with E-state index in [2.05, 4.69) is 15.6 Å². The third-order valence-corrected chi connectivity index (χ3v) is 3.25. The molecular weight excluding hydrogens is 295 g/mol. The van der Waals surface area contributed by atoms with Crippen LogP contribution in [0.4, 0.5) is 10.2 Å². The number of pyridine rings is 1. The lowest BCUT2D eigenvalue weighted by atomic mass is 10.2. The fourth-order valence-electron chi connectivity index (χ4n) is 1.96. The van der Waals surface area contributed by atoms with Gasteiger partial charge in [0.05, 0.1) is 0 Å². The maximum absolute atomic E-state index is 12.9. The first-order valence-electron chi connectivity index (χ1n) is 7.42. The molecule has 0 aliphatic rings. The van der Waals surface area contributed by atoms with Crippen LogP contribution in [0.15, 0.2) is 42.6 Å². The average Bonchev–Trinajstić information content (AvgIpc) is 2.54. The quantitative estimate of drug-likeness (QED) is 0.821. The van der Waals surface area contributed by atoms with Crippen molar-refractivity contribution in [2.45, 2.75) is 6.54 Å². The van der Waals surface area contributed by atoms with Crippen LogP contribution in [0, 0.1) is 5.82 Å². The molecule has 0 unspecified atom stereocenters. The van der Waals surface area contributed by atoms with Gasteiger partial charge in [-0.1, -0.05) is 12.1 Å². The monoisotopic (exact) mass is 316 g/mol. The summed E-state index contributed by atoms with van der Waals surface area (Å²) in [5, 5.41) is 5.99. The zero-order valence-electron chi connectivity index (χ0n) is 13.3. The van der Waals surface area contributed by atoms with Crippen molar-refractivity contribution < 1.29 is 9.18 Å². The van der Waals surface area contributed by atoms with Crippen LogP contribution >= 0.6 is 0 Å². The lowest BCUT2D eigenvalue weighted by Gasteiger charge is -2.11. The lowest BCUT2D eigenvalue weighted by molar-refractivity contribution is 0.0951. The molecule has 0 radical (unpaired) electrons. The molecule has 2 aromatic rings. The van der Waals surface area contributed by atoms with Gasteiger partial charge in [0.25, 0.3) is 5.91 Å². The number of likely N-dealkylation sites (N-methyl/N-ethyl adjacent to an activating group) is 1. The molecule has 1 heterocycles. The second-order valence-corrected chi connectivity index (χ2v) is 5.47. The number of carbonyl (C=O) groups excluding carboxylic acids is 1. The van der Waals surface area contributed by atoms with Crippen LogP contribution in [0.5, 0.6) is 0 Å².